The zero-order valence-electron chi connectivity index (χ0n) is 13.3. The Morgan fingerprint density at radius 1 is 0.680 bits per heavy atom. The predicted octanol–water partition coefficient (Wildman–Crippen LogP) is 5.86. The lowest BCUT2D eigenvalue weighted by Crippen LogP contribution is -1.93. The van der Waals surface area contributed by atoms with Crippen LogP contribution in [0.4, 0.5) is 0 Å². The van der Waals surface area contributed by atoms with Gasteiger partial charge in [-0.15, -0.1) is 0 Å². The van der Waals surface area contributed by atoms with Gasteiger partial charge in [-0.1, -0.05) is 54.6 Å². The Morgan fingerprint density at radius 3 is 2.40 bits per heavy atom. The average molecular weight is 316 g/mol. The Balaban J connectivity index is 2.12. The van der Waals surface area contributed by atoms with Crippen LogP contribution in [0.5, 0.6) is 0 Å². The number of hydrogen-bond donors (Lipinski definition) is 0. The van der Waals surface area contributed by atoms with Crippen molar-refractivity contribution in [2.24, 2.45) is 0 Å². The third-order valence-corrected chi connectivity index (χ3v) is 5.33. The number of aromatic nitrogens is 1. The maximum Gasteiger partial charge on any atom is 0.0992 e. The molecule has 2 nitrogen and oxygen atoms in total. The van der Waals surface area contributed by atoms with Crippen LogP contribution in [0, 0.1) is 11.3 Å². The van der Waals surface area contributed by atoms with Crippen LogP contribution in [0.15, 0.2) is 72.8 Å². The van der Waals surface area contributed by atoms with Crippen LogP contribution in [0.1, 0.15) is 5.56 Å². The van der Waals surface area contributed by atoms with Crippen molar-refractivity contribution in [1.29, 1.82) is 5.26 Å². The van der Waals surface area contributed by atoms with Gasteiger partial charge in [-0.05, 0) is 29.0 Å². The van der Waals surface area contributed by atoms with Crippen LogP contribution in [-0.2, 0) is 0 Å². The molecule has 2 heterocycles. The quantitative estimate of drug-likeness (QED) is 0.255. The van der Waals surface area contributed by atoms with E-state index >= 15 is 0 Å². The average Bonchev–Trinajstić information content (AvgIpc) is 3.02. The number of nitrogens with zero attached hydrogens (tertiary/aromatic N) is 2. The molecule has 6 rings (SSSR count). The lowest BCUT2D eigenvalue weighted by Gasteiger charge is -2.12. The molecule has 0 aliphatic carbocycles. The second kappa shape index (κ2) is 4.28. The summed E-state index contributed by atoms with van der Waals surface area (Å²) in [5.41, 5.74) is 4.22. The van der Waals surface area contributed by atoms with E-state index in [9.17, 15) is 5.26 Å². The van der Waals surface area contributed by atoms with Gasteiger partial charge < -0.3 is 4.40 Å². The van der Waals surface area contributed by atoms with Crippen LogP contribution in [0.3, 0.4) is 0 Å². The fourth-order valence-corrected chi connectivity index (χ4v) is 4.32. The summed E-state index contributed by atoms with van der Waals surface area (Å²) in [6, 6.07) is 27.7. The van der Waals surface area contributed by atoms with Gasteiger partial charge in [0.25, 0.3) is 0 Å². The van der Waals surface area contributed by atoms with Crippen molar-refractivity contribution in [1.82, 2.24) is 4.40 Å². The topological polar surface area (TPSA) is 28.2 Å². The van der Waals surface area contributed by atoms with E-state index in [-0.39, 0.29) is 0 Å². The van der Waals surface area contributed by atoms with Crippen LogP contribution in [0.25, 0.3) is 48.9 Å². The zero-order valence-corrected chi connectivity index (χ0v) is 13.3. The molecule has 0 atom stereocenters. The molecule has 0 spiro atoms. The Hall–Kier alpha value is -3.57. The summed E-state index contributed by atoms with van der Waals surface area (Å²) >= 11 is 0. The summed E-state index contributed by atoms with van der Waals surface area (Å²) in [6.07, 6.45) is 0. The number of pyridine rings is 1. The minimum absolute atomic E-state index is 0.691. The van der Waals surface area contributed by atoms with Gasteiger partial charge >= 0.3 is 0 Å². The largest absolute Gasteiger partial charge is 0.308 e. The number of fused-ring (bicyclic) bond motifs is 6. The molecule has 0 bridgehead atoms. The second-order valence-corrected chi connectivity index (χ2v) is 6.56. The van der Waals surface area contributed by atoms with Gasteiger partial charge in [0.15, 0.2) is 0 Å². The number of rotatable bonds is 0. The number of benzene rings is 4. The minimum Gasteiger partial charge on any atom is -0.308 e. The molecule has 0 unspecified atom stereocenters. The lowest BCUT2D eigenvalue weighted by molar-refractivity contribution is 1.34. The SMILES string of the molecule is N#Cc1ccc2c3cccc4ccc5c6ccccc6n(c2c1)c5c43. The van der Waals surface area contributed by atoms with Gasteiger partial charge in [0.1, 0.15) is 0 Å². The molecule has 25 heavy (non-hydrogen) atoms. The Labute approximate surface area is 143 Å². The summed E-state index contributed by atoms with van der Waals surface area (Å²) in [5.74, 6) is 0. The van der Waals surface area contributed by atoms with Crippen molar-refractivity contribution >= 4 is 48.9 Å². The van der Waals surface area contributed by atoms with Crippen LogP contribution >= 0.6 is 0 Å². The van der Waals surface area contributed by atoms with Crippen LogP contribution < -0.4 is 0 Å². The molecule has 0 saturated carbocycles. The highest BCUT2D eigenvalue weighted by Gasteiger charge is 2.17. The maximum atomic E-state index is 9.39. The smallest absolute Gasteiger partial charge is 0.0992 e. The summed E-state index contributed by atoms with van der Waals surface area (Å²) < 4.78 is 2.33. The van der Waals surface area contributed by atoms with Crippen LogP contribution in [-0.4, -0.2) is 4.40 Å². The fraction of sp³-hybridized carbons (Fsp3) is 0. The molecule has 0 N–H and O–H groups in total. The van der Waals surface area contributed by atoms with Crippen molar-refractivity contribution in [3.63, 3.8) is 0 Å². The highest BCUT2D eigenvalue weighted by atomic mass is 14.9. The van der Waals surface area contributed by atoms with Gasteiger partial charge in [-0.2, -0.15) is 5.26 Å². The Bertz CT molecular complexity index is 1500. The van der Waals surface area contributed by atoms with Crippen LogP contribution in [0.2, 0.25) is 0 Å². The number of para-hydroxylation sites is 1. The van der Waals surface area contributed by atoms with E-state index in [0.717, 1.165) is 5.52 Å². The van der Waals surface area contributed by atoms with Gasteiger partial charge in [0.2, 0.25) is 0 Å². The Morgan fingerprint density at radius 2 is 1.48 bits per heavy atom. The molecule has 0 radical (unpaired) electrons. The van der Waals surface area contributed by atoms with Crippen molar-refractivity contribution in [2.75, 3.05) is 0 Å². The van der Waals surface area contributed by atoms with E-state index < -0.39 is 0 Å². The molecule has 114 valence electrons. The first-order valence-electron chi connectivity index (χ1n) is 8.36. The lowest BCUT2D eigenvalue weighted by atomic mass is 9.98. The standard InChI is InChI=1S/C23H12N2/c24-13-14-8-10-17-18-6-3-4-15-9-11-19-16-5-1-2-7-20(16)25(21(17)12-14)23(19)22(15)18/h1-12H. The third-order valence-electron chi connectivity index (χ3n) is 5.33. The van der Waals surface area contributed by atoms with Gasteiger partial charge in [0, 0.05) is 21.5 Å². The summed E-state index contributed by atoms with van der Waals surface area (Å²) in [6.45, 7) is 0. The highest BCUT2D eigenvalue weighted by Crippen LogP contribution is 2.40. The first kappa shape index (κ1) is 12.8. The van der Waals surface area contributed by atoms with E-state index in [2.05, 4.69) is 71.1 Å². The van der Waals surface area contributed by atoms with E-state index in [1.807, 2.05) is 12.1 Å². The first-order valence-corrected chi connectivity index (χ1v) is 8.36. The van der Waals surface area contributed by atoms with Crippen molar-refractivity contribution in [3.8, 4) is 6.07 Å². The molecular formula is C23H12N2. The molecule has 4 aromatic carbocycles. The predicted molar refractivity (Wildman–Crippen MR) is 103 cm³/mol. The van der Waals surface area contributed by atoms with E-state index in [4.69, 9.17) is 0 Å². The van der Waals surface area contributed by atoms with Gasteiger partial charge in [0.05, 0.1) is 28.2 Å². The highest BCUT2D eigenvalue weighted by molar-refractivity contribution is 6.28. The molecule has 2 aromatic heterocycles. The zero-order chi connectivity index (χ0) is 16.5. The molecule has 0 saturated heterocycles. The molecule has 0 fully saturated rings. The molecular weight excluding hydrogens is 304 g/mol. The first-order chi connectivity index (χ1) is 12.4. The van der Waals surface area contributed by atoms with E-state index in [1.54, 1.807) is 0 Å². The summed E-state index contributed by atoms with van der Waals surface area (Å²) in [5, 5.41) is 16.9. The molecule has 0 amide bonds. The summed E-state index contributed by atoms with van der Waals surface area (Å²) in [4.78, 5) is 0. The minimum atomic E-state index is 0.691. The molecule has 6 aromatic rings. The van der Waals surface area contributed by atoms with Gasteiger partial charge in [-0.3, -0.25) is 0 Å². The second-order valence-electron chi connectivity index (χ2n) is 6.56. The monoisotopic (exact) mass is 316 g/mol. The van der Waals surface area contributed by atoms with E-state index in [1.165, 1.54) is 43.4 Å². The molecule has 0 aliphatic heterocycles. The summed E-state index contributed by atoms with van der Waals surface area (Å²) in [7, 11) is 0. The number of nitriles is 1. The van der Waals surface area contributed by atoms with E-state index in [0.29, 0.717) is 5.56 Å². The Kier molecular flexibility index (Phi) is 2.19. The van der Waals surface area contributed by atoms with Crippen molar-refractivity contribution in [2.45, 2.75) is 0 Å². The maximum absolute atomic E-state index is 9.39. The molecule has 0 aliphatic rings. The van der Waals surface area contributed by atoms with Gasteiger partial charge in [-0.25, -0.2) is 0 Å². The normalized spacial score (nSPS) is 12.0. The van der Waals surface area contributed by atoms with Crippen molar-refractivity contribution in [3.05, 3.63) is 78.4 Å². The van der Waals surface area contributed by atoms with Crippen molar-refractivity contribution < 1.29 is 0 Å². The fourth-order valence-electron chi connectivity index (χ4n) is 4.32. The third kappa shape index (κ3) is 1.44. The number of hydrogen-bond acceptors (Lipinski definition) is 1. The molecule has 2 heteroatoms.